The number of benzene rings is 1. The molecule has 5 heteroatoms. The van der Waals surface area contributed by atoms with Crippen molar-refractivity contribution in [3.8, 4) is 0 Å². The molecule has 0 saturated carbocycles. The second-order valence-corrected chi connectivity index (χ2v) is 5.75. The maximum atomic E-state index is 12.4. The Hall–Kier alpha value is -2.04. The Morgan fingerprint density at radius 1 is 1.00 bits per heavy atom. The number of hydrogen-bond acceptors (Lipinski definition) is 2. The highest BCUT2D eigenvalue weighted by atomic mass is 16.2. The Morgan fingerprint density at radius 2 is 1.52 bits per heavy atom. The molecule has 2 rings (SSSR count). The standard InChI is InChI=1S/C16H23N3O2/c1-12(2)17-16(21)19-10-8-18(9-11-19)15(20)14-6-4-13(3)5-7-14/h4-7,12H,8-11H2,1-3H3,(H,17,21). The summed E-state index contributed by atoms with van der Waals surface area (Å²) in [6.07, 6.45) is 0. The number of amides is 3. The summed E-state index contributed by atoms with van der Waals surface area (Å²) >= 11 is 0. The molecule has 0 aromatic heterocycles. The highest BCUT2D eigenvalue weighted by molar-refractivity contribution is 5.94. The van der Waals surface area contributed by atoms with Crippen LogP contribution in [-0.4, -0.2) is 54.0 Å². The van der Waals surface area contributed by atoms with E-state index in [0.29, 0.717) is 31.7 Å². The van der Waals surface area contributed by atoms with Gasteiger partial charge in [0.1, 0.15) is 0 Å². The normalized spacial score (nSPS) is 15.2. The lowest BCUT2D eigenvalue weighted by Crippen LogP contribution is -2.54. The number of rotatable bonds is 2. The Bertz CT molecular complexity index is 503. The fourth-order valence-electron chi connectivity index (χ4n) is 2.33. The number of hydrogen-bond donors (Lipinski definition) is 1. The summed E-state index contributed by atoms with van der Waals surface area (Å²) in [6.45, 7) is 8.20. The summed E-state index contributed by atoms with van der Waals surface area (Å²) in [5.74, 6) is 0.0407. The number of nitrogens with zero attached hydrogens (tertiary/aromatic N) is 2. The molecule has 1 aliphatic rings. The van der Waals surface area contributed by atoms with Crippen LogP contribution in [0, 0.1) is 6.92 Å². The molecule has 1 N–H and O–H groups in total. The van der Waals surface area contributed by atoms with Gasteiger partial charge in [0, 0.05) is 37.8 Å². The smallest absolute Gasteiger partial charge is 0.317 e. The van der Waals surface area contributed by atoms with Crippen molar-refractivity contribution < 1.29 is 9.59 Å². The molecule has 0 radical (unpaired) electrons. The number of nitrogens with one attached hydrogen (secondary N) is 1. The molecule has 0 spiro atoms. The number of carbonyl (C=O) groups excluding carboxylic acids is 2. The first kappa shape index (κ1) is 15.4. The van der Waals surface area contributed by atoms with Crippen LogP contribution >= 0.6 is 0 Å². The van der Waals surface area contributed by atoms with Crippen molar-refractivity contribution in [2.24, 2.45) is 0 Å². The quantitative estimate of drug-likeness (QED) is 0.903. The monoisotopic (exact) mass is 289 g/mol. The van der Waals surface area contributed by atoms with Gasteiger partial charge in [0.05, 0.1) is 0 Å². The molecule has 21 heavy (non-hydrogen) atoms. The van der Waals surface area contributed by atoms with E-state index in [4.69, 9.17) is 0 Å². The predicted molar refractivity (Wildman–Crippen MR) is 82.3 cm³/mol. The lowest BCUT2D eigenvalue weighted by Gasteiger charge is -2.35. The molecule has 5 nitrogen and oxygen atoms in total. The second kappa shape index (κ2) is 6.61. The Morgan fingerprint density at radius 3 is 2.05 bits per heavy atom. The van der Waals surface area contributed by atoms with Crippen LogP contribution < -0.4 is 5.32 Å². The highest BCUT2D eigenvalue weighted by Gasteiger charge is 2.24. The van der Waals surface area contributed by atoms with E-state index in [2.05, 4.69) is 5.32 Å². The second-order valence-electron chi connectivity index (χ2n) is 5.75. The van der Waals surface area contributed by atoms with Crippen LogP contribution in [0.15, 0.2) is 24.3 Å². The third-order valence-corrected chi connectivity index (χ3v) is 3.56. The maximum Gasteiger partial charge on any atom is 0.317 e. The van der Waals surface area contributed by atoms with E-state index in [1.165, 1.54) is 0 Å². The average molecular weight is 289 g/mol. The first-order chi connectivity index (χ1) is 9.97. The molecule has 3 amide bonds. The summed E-state index contributed by atoms with van der Waals surface area (Å²) in [5, 5.41) is 2.88. The fourth-order valence-corrected chi connectivity index (χ4v) is 2.33. The van der Waals surface area contributed by atoms with Gasteiger partial charge in [-0.1, -0.05) is 17.7 Å². The van der Waals surface area contributed by atoms with Gasteiger partial charge in [0.25, 0.3) is 5.91 Å². The van der Waals surface area contributed by atoms with Gasteiger partial charge < -0.3 is 15.1 Å². The molecule has 1 heterocycles. The van der Waals surface area contributed by atoms with Crippen molar-refractivity contribution >= 4 is 11.9 Å². The van der Waals surface area contributed by atoms with Gasteiger partial charge >= 0.3 is 6.03 Å². The molecule has 0 atom stereocenters. The molecule has 1 saturated heterocycles. The van der Waals surface area contributed by atoms with Gasteiger partial charge in [0.2, 0.25) is 0 Å². The highest BCUT2D eigenvalue weighted by Crippen LogP contribution is 2.10. The minimum Gasteiger partial charge on any atom is -0.336 e. The zero-order chi connectivity index (χ0) is 15.4. The third-order valence-electron chi connectivity index (χ3n) is 3.56. The van der Waals surface area contributed by atoms with Crippen LogP contribution in [0.5, 0.6) is 0 Å². The SMILES string of the molecule is Cc1ccc(C(=O)N2CCN(C(=O)NC(C)C)CC2)cc1. The summed E-state index contributed by atoms with van der Waals surface area (Å²) in [6, 6.07) is 7.68. The molecule has 1 fully saturated rings. The first-order valence-electron chi connectivity index (χ1n) is 7.39. The Kier molecular flexibility index (Phi) is 4.83. The van der Waals surface area contributed by atoms with E-state index < -0.39 is 0 Å². The minimum absolute atomic E-state index is 0.0407. The summed E-state index contributed by atoms with van der Waals surface area (Å²) in [7, 11) is 0. The van der Waals surface area contributed by atoms with Crippen LogP contribution in [0.4, 0.5) is 4.79 Å². The molecule has 1 aromatic rings. The third kappa shape index (κ3) is 3.97. The van der Waals surface area contributed by atoms with Crippen molar-refractivity contribution in [2.45, 2.75) is 26.8 Å². The van der Waals surface area contributed by atoms with E-state index in [1.54, 1.807) is 4.90 Å². The molecule has 0 aliphatic carbocycles. The molecular formula is C16H23N3O2. The van der Waals surface area contributed by atoms with Crippen LogP contribution in [0.25, 0.3) is 0 Å². The van der Waals surface area contributed by atoms with Crippen LogP contribution in [-0.2, 0) is 0 Å². The van der Waals surface area contributed by atoms with Crippen molar-refractivity contribution in [1.82, 2.24) is 15.1 Å². The number of urea groups is 1. The van der Waals surface area contributed by atoms with Crippen molar-refractivity contribution in [1.29, 1.82) is 0 Å². The number of aryl methyl sites for hydroxylation is 1. The molecule has 114 valence electrons. The van der Waals surface area contributed by atoms with E-state index in [-0.39, 0.29) is 18.0 Å². The van der Waals surface area contributed by atoms with Gasteiger partial charge in [-0.05, 0) is 32.9 Å². The van der Waals surface area contributed by atoms with Gasteiger partial charge in [-0.2, -0.15) is 0 Å². The topological polar surface area (TPSA) is 52.7 Å². The van der Waals surface area contributed by atoms with Crippen molar-refractivity contribution in [2.75, 3.05) is 26.2 Å². The molecular weight excluding hydrogens is 266 g/mol. The van der Waals surface area contributed by atoms with E-state index >= 15 is 0 Å². The van der Waals surface area contributed by atoms with Gasteiger partial charge in [-0.3, -0.25) is 4.79 Å². The van der Waals surface area contributed by atoms with Gasteiger partial charge in [0.15, 0.2) is 0 Å². The zero-order valence-corrected chi connectivity index (χ0v) is 12.9. The Labute approximate surface area is 125 Å². The first-order valence-corrected chi connectivity index (χ1v) is 7.39. The van der Waals surface area contributed by atoms with Crippen molar-refractivity contribution in [3.05, 3.63) is 35.4 Å². The Balaban J connectivity index is 1.90. The fraction of sp³-hybridized carbons (Fsp3) is 0.500. The maximum absolute atomic E-state index is 12.4. The lowest BCUT2D eigenvalue weighted by molar-refractivity contribution is 0.0664. The van der Waals surface area contributed by atoms with Gasteiger partial charge in [-0.25, -0.2) is 4.79 Å². The summed E-state index contributed by atoms with van der Waals surface area (Å²) in [5.41, 5.74) is 1.85. The lowest BCUT2D eigenvalue weighted by atomic mass is 10.1. The van der Waals surface area contributed by atoms with E-state index in [9.17, 15) is 9.59 Å². The minimum atomic E-state index is -0.0487. The van der Waals surface area contributed by atoms with E-state index in [0.717, 1.165) is 5.56 Å². The van der Waals surface area contributed by atoms with Crippen LogP contribution in [0.2, 0.25) is 0 Å². The van der Waals surface area contributed by atoms with Gasteiger partial charge in [-0.15, -0.1) is 0 Å². The molecule has 0 bridgehead atoms. The largest absolute Gasteiger partial charge is 0.336 e. The summed E-state index contributed by atoms with van der Waals surface area (Å²) in [4.78, 5) is 27.8. The average Bonchev–Trinajstić information content (AvgIpc) is 2.47. The molecule has 1 aromatic carbocycles. The number of carbonyl (C=O) groups is 2. The van der Waals surface area contributed by atoms with E-state index in [1.807, 2.05) is 49.9 Å². The predicted octanol–water partition coefficient (Wildman–Crippen LogP) is 1.87. The van der Waals surface area contributed by atoms with Crippen molar-refractivity contribution in [3.63, 3.8) is 0 Å². The number of piperazine rings is 1. The molecule has 0 unspecified atom stereocenters. The van der Waals surface area contributed by atoms with Crippen LogP contribution in [0.1, 0.15) is 29.8 Å². The molecule has 1 aliphatic heterocycles. The zero-order valence-electron chi connectivity index (χ0n) is 12.9. The summed E-state index contributed by atoms with van der Waals surface area (Å²) < 4.78 is 0. The van der Waals surface area contributed by atoms with Crippen LogP contribution in [0.3, 0.4) is 0 Å².